The predicted molar refractivity (Wildman–Crippen MR) is 94.5 cm³/mol. The summed E-state index contributed by atoms with van der Waals surface area (Å²) in [4.78, 5) is 9.88. The van der Waals surface area contributed by atoms with Crippen molar-refractivity contribution >= 4 is 17.3 Å². The summed E-state index contributed by atoms with van der Waals surface area (Å²) >= 11 is 1.71. The zero-order valence-electron chi connectivity index (χ0n) is 13.6. The molecule has 0 aliphatic heterocycles. The lowest BCUT2D eigenvalue weighted by Crippen LogP contribution is -2.43. The third-order valence-corrected chi connectivity index (χ3v) is 4.65. The molecule has 2 rings (SSSR count). The van der Waals surface area contributed by atoms with Gasteiger partial charge in [-0.3, -0.25) is 4.99 Å². The van der Waals surface area contributed by atoms with Crippen molar-refractivity contribution in [2.75, 3.05) is 7.05 Å². The van der Waals surface area contributed by atoms with E-state index < -0.39 is 0 Å². The molecule has 0 saturated carbocycles. The van der Waals surface area contributed by atoms with Crippen molar-refractivity contribution in [3.63, 3.8) is 0 Å². The quantitative estimate of drug-likeness (QED) is 0.657. The van der Waals surface area contributed by atoms with Crippen LogP contribution < -0.4 is 10.6 Å². The van der Waals surface area contributed by atoms with Crippen molar-refractivity contribution < 1.29 is 0 Å². The molecule has 0 bridgehead atoms. The molecule has 4 nitrogen and oxygen atoms in total. The number of hydrogen-bond acceptors (Lipinski definition) is 3. The van der Waals surface area contributed by atoms with Gasteiger partial charge in [0.25, 0.3) is 0 Å². The Kier molecular flexibility index (Phi) is 5.95. The number of aryl methyl sites for hydroxylation is 1. The molecule has 0 radical (unpaired) electrons. The van der Waals surface area contributed by atoms with Gasteiger partial charge in [-0.05, 0) is 19.4 Å². The minimum atomic E-state index is 0.284. The molecule has 0 aliphatic rings. The number of guanidine groups is 1. The first kappa shape index (κ1) is 16.5. The molecule has 0 fully saturated rings. The summed E-state index contributed by atoms with van der Waals surface area (Å²) < 4.78 is 0. The van der Waals surface area contributed by atoms with Crippen molar-refractivity contribution in [1.82, 2.24) is 15.6 Å². The third-order valence-electron chi connectivity index (χ3n) is 3.74. The molecule has 1 heterocycles. The Bertz CT molecular complexity index is 606. The molecule has 2 aromatic rings. The predicted octanol–water partition coefficient (Wildman–Crippen LogP) is 3.31. The Morgan fingerprint density at radius 1 is 1.27 bits per heavy atom. The van der Waals surface area contributed by atoms with Gasteiger partial charge in [-0.15, -0.1) is 11.3 Å². The second-order valence-corrected chi connectivity index (χ2v) is 6.74. The van der Waals surface area contributed by atoms with Crippen molar-refractivity contribution in [2.24, 2.45) is 4.99 Å². The molecule has 2 atom stereocenters. The summed E-state index contributed by atoms with van der Waals surface area (Å²) in [5.41, 5.74) is 1.33. The van der Waals surface area contributed by atoms with Crippen LogP contribution in [0.2, 0.25) is 0 Å². The SMILES string of the molecule is CN=C(NCc1ncc(C)s1)NC(C)C(C)c1ccccc1. The molecule has 2 unspecified atom stereocenters. The van der Waals surface area contributed by atoms with E-state index in [2.05, 4.69) is 65.6 Å². The highest BCUT2D eigenvalue weighted by molar-refractivity contribution is 7.11. The number of nitrogens with zero attached hydrogens (tertiary/aromatic N) is 2. The van der Waals surface area contributed by atoms with Gasteiger partial charge >= 0.3 is 0 Å². The molecule has 118 valence electrons. The summed E-state index contributed by atoms with van der Waals surface area (Å²) in [7, 11) is 1.79. The Labute approximate surface area is 136 Å². The van der Waals surface area contributed by atoms with Crippen molar-refractivity contribution in [3.05, 3.63) is 52.0 Å². The maximum atomic E-state index is 4.36. The minimum Gasteiger partial charge on any atom is -0.353 e. The van der Waals surface area contributed by atoms with Crippen LogP contribution in [0.1, 0.15) is 35.2 Å². The van der Waals surface area contributed by atoms with Gasteiger partial charge in [-0.1, -0.05) is 37.3 Å². The van der Waals surface area contributed by atoms with Crippen LogP contribution in [0.15, 0.2) is 41.5 Å². The first-order chi connectivity index (χ1) is 10.6. The fraction of sp³-hybridized carbons (Fsp3) is 0.412. The second kappa shape index (κ2) is 7.94. The lowest BCUT2D eigenvalue weighted by Gasteiger charge is -2.23. The fourth-order valence-corrected chi connectivity index (χ4v) is 2.95. The van der Waals surface area contributed by atoms with E-state index in [1.54, 1.807) is 18.4 Å². The van der Waals surface area contributed by atoms with Crippen LogP contribution in [0, 0.1) is 6.92 Å². The van der Waals surface area contributed by atoms with Gasteiger partial charge in [0.15, 0.2) is 5.96 Å². The number of nitrogens with one attached hydrogen (secondary N) is 2. The van der Waals surface area contributed by atoms with Crippen LogP contribution in [-0.4, -0.2) is 24.0 Å². The summed E-state index contributed by atoms with van der Waals surface area (Å²) in [5.74, 6) is 1.21. The summed E-state index contributed by atoms with van der Waals surface area (Å²) in [5, 5.41) is 7.85. The van der Waals surface area contributed by atoms with Gasteiger partial charge in [0, 0.05) is 30.1 Å². The molecule has 0 spiro atoms. The van der Waals surface area contributed by atoms with Crippen molar-refractivity contribution in [3.8, 4) is 0 Å². The van der Waals surface area contributed by atoms with E-state index in [0.29, 0.717) is 12.5 Å². The van der Waals surface area contributed by atoms with E-state index in [1.165, 1.54) is 10.4 Å². The highest BCUT2D eigenvalue weighted by Gasteiger charge is 2.15. The molecule has 0 saturated heterocycles. The number of rotatable bonds is 5. The van der Waals surface area contributed by atoms with Gasteiger partial charge in [-0.25, -0.2) is 4.98 Å². The maximum absolute atomic E-state index is 4.36. The van der Waals surface area contributed by atoms with Gasteiger partial charge < -0.3 is 10.6 Å². The lowest BCUT2D eigenvalue weighted by molar-refractivity contribution is 0.550. The Morgan fingerprint density at radius 3 is 2.59 bits per heavy atom. The Balaban J connectivity index is 1.89. The van der Waals surface area contributed by atoms with Crippen LogP contribution in [0.25, 0.3) is 0 Å². The normalized spacial score (nSPS) is 14.5. The van der Waals surface area contributed by atoms with Crippen LogP contribution in [0.4, 0.5) is 0 Å². The van der Waals surface area contributed by atoms with Crippen LogP contribution in [0.5, 0.6) is 0 Å². The summed E-state index contributed by atoms with van der Waals surface area (Å²) in [6, 6.07) is 10.8. The Hall–Kier alpha value is -1.88. The van der Waals surface area contributed by atoms with E-state index in [-0.39, 0.29) is 6.04 Å². The van der Waals surface area contributed by atoms with Gasteiger partial charge in [0.2, 0.25) is 0 Å². The zero-order chi connectivity index (χ0) is 15.9. The largest absolute Gasteiger partial charge is 0.353 e. The monoisotopic (exact) mass is 316 g/mol. The number of aromatic nitrogens is 1. The Morgan fingerprint density at radius 2 is 2.00 bits per heavy atom. The van der Waals surface area contributed by atoms with Gasteiger partial charge in [0.05, 0.1) is 6.54 Å². The molecule has 0 aliphatic carbocycles. The van der Waals surface area contributed by atoms with E-state index in [0.717, 1.165) is 11.0 Å². The fourth-order valence-electron chi connectivity index (χ4n) is 2.22. The van der Waals surface area contributed by atoms with E-state index >= 15 is 0 Å². The van der Waals surface area contributed by atoms with Crippen molar-refractivity contribution in [2.45, 2.75) is 39.3 Å². The van der Waals surface area contributed by atoms with Crippen molar-refractivity contribution in [1.29, 1.82) is 0 Å². The molecule has 0 amide bonds. The highest BCUT2D eigenvalue weighted by Crippen LogP contribution is 2.18. The molecule has 5 heteroatoms. The van der Waals surface area contributed by atoms with E-state index in [1.807, 2.05) is 12.3 Å². The lowest BCUT2D eigenvalue weighted by atomic mass is 9.94. The average Bonchev–Trinajstić information content (AvgIpc) is 2.96. The molecular weight excluding hydrogens is 292 g/mol. The van der Waals surface area contributed by atoms with E-state index in [9.17, 15) is 0 Å². The summed E-state index contributed by atoms with van der Waals surface area (Å²) in [6.07, 6.45) is 1.90. The maximum Gasteiger partial charge on any atom is 0.191 e. The number of thiazole rings is 1. The number of aliphatic imine (C=N–C) groups is 1. The molecular formula is C17H24N4S. The second-order valence-electron chi connectivity index (χ2n) is 5.42. The number of hydrogen-bond donors (Lipinski definition) is 2. The van der Waals surface area contributed by atoms with Crippen LogP contribution in [0.3, 0.4) is 0 Å². The molecule has 1 aromatic carbocycles. The van der Waals surface area contributed by atoms with Gasteiger partial charge in [-0.2, -0.15) is 0 Å². The van der Waals surface area contributed by atoms with E-state index in [4.69, 9.17) is 0 Å². The topological polar surface area (TPSA) is 49.3 Å². The first-order valence-electron chi connectivity index (χ1n) is 7.53. The molecule has 2 N–H and O–H groups in total. The number of benzene rings is 1. The minimum absolute atomic E-state index is 0.284. The molecule has 22 heavy (non-hydrogen) atoms. The first-order valence-corrected chi connectivity index (χ1v) is 8.35. The third kappa shape index (κ3) is 4.56. The van der Waals surface area contributed by atoms with Crippen LogP contribution in [-0.2, 0) is 6.54 Å². The zero-order valence-corrected chi connectivity index (χ0v) is 14.4. The molecule has 1 aromatic heterocycles. The smallest absolute Gasteiger partial charge is 0.191 e. The average molecular weight is 316 g/mol. The summed E-state index contributed by atoms with van der Waals surface area (Å²) in [6.45, 7) is 7.17. The van der Waals surface area contributed by atoms with Gasteiger partial charge in [0.1, 0.15) is 5.01 Å². The standard InChI is InChI=1S/C17H24N4S/c1-12-10-19-16(22-12)11-20-17(18-4)21-14(3)13(2)15-8-6-5-7-9-15/h5-10,13-14H,11H2,1-4H3,(H2,18,20,21). The highest BCUT2D eigenvalue weighted by atomic mass is 32.1. The van der Waals surface area contributed by atoms with Crippen LogP contribution >= 0.6 is 11.3 Å².